The molecule has 3 aromatic rings. The van der Waals surface area contributed by atoms with Crippen LogP contribution in [0.1, 0.15) is 22.0 Å². The maximum absolute atomic E-state index is 13.3. The average molecular weight is 454 g/mol. The number of para-hydroxylation sites is 2. The lowest BCUT2D eigenvalue weighted by atomic mass is 9.91. The van der Waals surface area contributed by atoms with Crippen molar-refractivity contribution in [2.75, 3.05) is 34.5 Å². The fourth-order valence-electron chi connectivity index (χ4n) is 4.08. The molecule has 4 rings (SSSR count). The van der Waals surface area contributed by atoms with Crippen molar-refractivity contribution in [3.63, 3.8) is 0 Å². The van der Waals surface area contributed by atoms with Crippen molar-refractivity contribution < 1.29 is 23.7 Å². The van der Waals surface area contributed by atoms with Gasteiger partial charge in [0.05, 0.1) is 33.8 Å². The molecule has 0 N–H and O–H groups in total. The van der Waals surface area contributed by atoms with Crippen LogP contribution in [0.15, 0.2) is 53.9 Å². The van der Waals surface area contributed by atoms with E-state index in [1.807, 2.05) is 58.8 Å². The van der Waals surface area contributed by atoms with Crippen LogP contribution in [-0.4, -0.2) is 45.3 Å². The standard InChI is InChI=1S/C25H27NO5S/c1-28-21-8-4-5-9-22(21)31-16-20-19-15-24(30-3)23(29-2)13-17(19)10-11-26(20)25(27)14-18-7-6-12-32-18/h4-9,12-13,15,20H,10-11,14,16H2,1-3H3/t20-/m0/s1. The number of thiophene rings is 1. The summed E-state index contributed by atoms with van der Waals surface area (Å²) in [6, 6.07) is 15.2. The number of rotatable bonds is 8. The predicted molar refractivity (Wildman–Crippen MR) is 124 cm³/mol. The Balaban J connectivity index is 1.66. The normalized spacial score (nSPS) is 15.1. The van der Waals surface area contributed by atoms with Crippen LogP contribution in [0.25, 0.3) is 0 Å². The largest absolute Gasteiger partial charge is 0.493 e. The Labute approximate surface area is 192 Å². The summed E-state index contributed by atoms with van der Waals surface area (Å²) in [5, 5.41) is 1.99. The molecule has 2 heterocycles. The molecule has 2 aromatic carbocycles. The number of hydrogen-bond acceptors (Lipinski definition) is 6. The van der Waals surface area contributed by atoms with Crippen molar-refractivity contribution in [3.05, 3.63) is 69.9 Å². The van der Waals surface area contributed by atoms with E-state index in [2.05, 4.69) is 0 Å². The number of benzene rings is 2. The minimum absolute atomic E-state index is 0.0847. The van der Waals surface area contributed by atoms with Crippen LogP contribution in [0.3, 0.4) is 0 Å². The molecule has 168 valence electrons. The van der Waals surface area contributed by atoms with Crippen molar-refractivity contribution in [1.29, 1.82) is 0 Å². The molecular formula is C25H27NO5S. The Bertz CT molecular complexity index is 1070. The number of nitrogens with zero attached hydrogens (tertiary/aromatic N) is 1. The molecule has 1 atom stereocenters. The van der Waals surface area contributed by atoms with Gasteiger partial charge in [-0.05, 0) is 53.3 Å². The van der Waals surface area contributed by atoms with Crippen molar-refractivity contribution in [2.45, 2.75) is 18.9 Å². The summed E-state index contributed by atoms with van der Waals surface area (Å²) in [5.41, 5.74) is 2.15. The van der Waals surface area contributed by atoms with E-state index in [4.69, 9.17) is 18.9 Å². The Morgan fingerprint density at radius 1 is 0.969 bits per heavy atom. The van der Waals surface area contributed by atoms with E-state index in [1.165, 1.54) is 0 Å². The summed E-state index contributed by atoms with van der Waals surface area (Å²) in [7, 11) is 4.87. The van der Waals surface area contributed by atoms with Crippen LogP contribution in [0.5, 0.6) is 23.0 Å². The topological polar surface area (TPSA) is 57.2 Å². The molecule has 0 bridgehead atoms. The number of methoxy groups -OCH3 is 3. The zero-order chi connectivity index (χ0) is 22.5. The number of carbonyl (C=O) groups is 1. The van der Waals surface area contributed by atoms with Gasteiger partial charge in [0.2, 0.25) is 5.91 Å². The maximum Gasteiger partial charge on any atom is 0.228 e. The fourth-order valence-corrected chi connectivity index (χ4v) is 4.77. The minimum Gasteiger partial charge on any atom is -0.493 e. The van der Waals surface area contributed by atoms with Gasteiger partial charge in [0.25, 0.3) is 0 Å². The van der Waals surface area contributed by atoms with E-state index >= 15 is 0 Å². The van der Waals surface area contributed by atoms with E-state index < -0.39 is 0 Å². The Hall–Kier alpha value is -3.19. The monoisotopic (exact) mass is 453 g/mol. The summed E-state index contributed by atoms with van der Waals surface area (Å²) in [6.45, 7) is 0.922. The third-order valence-corrected chi connectivity index (χ3v) is 6.57. The zero-order valence-corrected chi connectivity index (χ0v) is 19.3. The smallest absolute Gasteiger partial charge is 0.228 e. The van der Waals surface area contributed by atoms with Gasteiger partial charge in [-0.1, -0.05) is 18.2 Å². The third-order valence-electron chi connectivity index (χ3n) is 5.69. The average Bonchev–Trinajstić information content (AvgIpc) is 3.34. The van der Waals surface area contributed by atoms with E-state index in [0.29, 0.717) is 42.6 Å². The number of ether oxygens (including phenoxy) is 4. The van der Waals surface area contributed by atoms with Gasteiger partial charge < -0.3 is 23.8 Å². The van der Waals surface area contributed by atoms with Crippen molar-refractivity contribution in [1.82, 2.24) is 4.90 Å². The van der Waals surface area contributed by atoms with Gasteiger partial charge in [-0.15, -0.1) is 11.3 Å². The molecule has 0 fully saturated rings. The second-order valence-corrected chi connectivity index (χ2v) is 8.51. The Morgan fingerprint density at radius 3 is 2.38 bits per heavy atom. The van der Waals surface area contributed by atoms with Gasteiger partial charge in [0.1, 0.15) is 6.61 Å². The molecule has 7 heteroatoms. The van der Waals surface area contributed by atoms with Crippen molar-refractivity contribution in [2.24, 2.45) is 0 Å². The lowest BCUT2D eigenvalue weighted by Crippen LogP contribution is -2.43. The van der Waals surface area contributed by atoms with Gasteiger partial charge in [-0.3, -0.25) is 4.79 Å². The molecule has 1 aromatic heterocycles. The molecule has 0 radical (unpaired) electrons. The molecule has 1 aliphatic heterocycles. The summed E-state index contributed by atoms with van der Waals surface area (Å²) in [6.07, 6.45) is 1.13. The second-order valence-electron chi connectivity index (χ2n) is 7.48. The van der Waals surface area contributed by atoms with E-state index in [1.54, 1.807) is 32.7 Å². The highest BCUT2D eigenvalue weighted by molar-refractivity contribution is 7.10. The fraction of sp³-hybridized carbons (Fsp3) is 0.320. The van der Waals surface area contributed by atoms with Gasteiger partial charge >= 0.3 is 0 Å². The van der Waals surface area contributed by atoms with Crippen LogP contribution in [0.4, 0.5) is 0 Å². The van der Waals surface area contributed by atoms with Crippen LogP contribution in [0, 0.1) is 0 Å². The molecule has 0 aliphatic carbocycles. The Morgan fingerprint density at radius 2 is 1.69 bits per heavy atom. The molecule has 1 amide bonds. The van der Waals surface area contributed by atoms with Gasteiger partial charge in [-0.25, -0.2) is 0 Å². The highest BCUT2D eigenvalue weighted by atomic mass is 32.1. The molecule has 0 saturated carbocycles. The van der Waals surface area contributed by atoms with E-state index in [-0.39, 0.29) is 11.9 Å². The molecule has 6 nitrogen and oxygen atoms in total. The summed E-state index contributed by atoms with van der Waals surface area (Å²) >= 11 is 1.60. The van der Waals surface area contributed by atoms with E-state index in [9.17, 15) is 4.79 Å². The summed E-state index contributed by atoms with van der Waals surface area (Å²) in [4.78, 5) is 16.3. The van der Waals surface area contributed by atoms with Gasteiger partial charge in [0.15, 0.2) is 23.0 Å². The van der Waals surface area contributed by atoms with Crippen molar-refractivity contribution in [3.8, 4) is 23.0 Å². The first-order chi connectivity index (χ1) is 15.6. The molecule has 0 spiro atoms. The molecule has 0 saturated heterocycles. The summed E-state index contributed by atoms with van der Waals surface area (Å²) < 4.78 is 22.6. The molecule has 32 heavy (non-hydrogen) atoms. The maximum atomic E-state index is 13.3. The second kappa shape index (κ2) is 9.96. The quantitative estimate of drug-likeness (QED) is 0.502. The highest BCUT2D eigenvalue weighted by Crippen LogP contribution is 2.39. The Kier molecular flexibility index (Phi) is 6.85. The summed E-state index contributed by atoms with van der Waals surface area (Å²) in [5.74, 6) is 2.72. The van der Waals surface area contributed by atoms with E-state index in [0.717, 1.165) is 22.4 Å². The molecule has 1 aliphatic rings. The zero-order valence-electron chi connectivity index (χ0n) is 18.5. The first-order valence-corrected chi connectivity index (χ1v) is 11.3. The van der Waals surface area contributed by atoms with Crippen LogP contribution >= 0.6 is 11.3 Å². The predicted octanol–water partition coefficient (Wildman–Crippen LogP) is 4.52. The molecular weight excluding hydrogens is 426 g/mol. The minimum atomic E-state index is -0.254. The number of amides is 1. The highest BCUT2D eigenvalue weighted by Gasteiger charge is 2.33. The SMILES string of the molecule is COc1cc2c(cc1OC)[C@H](COc1ccccc1OC)N(C(=O)Cc1cccs1)CC2. The first kappa shape index (κ1) is 22.0. The van der Waals surface area contributed by atoms with Gasteiger partial charge in [0, 0.05) is 11.4 Å². The lowest BCUT2D eigenvalue weighted by Gasteiger charge is -2.37. The first-order valence-electron chi connectivity index (χ1n) is 10.5. The van der Waals surface area contributed by atoms with Crippen LogP contribution in [0.2, 0.25) is 0 Å². The van der Waals surface area contributed by atoms with Crippen LogP contribution < -0.4 is 18.9 Å². The third kappa shape index (κ3) is 4.53. The van der Waals surface area contributed by atoms with Crippen LogP contribution in [-0.2, 0) is 17.6 Å². The number of hydrogen-bond donors (Lipinski definition) is 0. The lowest BCUT2D eigenvalue weighted by molar-refractivity contribution is -0.134. The van der Waals surface area contributed by atoms with Gasteiger partial charge in [-0.2, -0.15) is 0 Å². The molecule has 0 unspecified atom stereocenters. The number of fused-ring (bicyclic) bond motifs is 1. The number of carbonyl (C=O) groups excluding carboxylic acids is 1. The van der Waals surface area contributed by atoms with Crippen molar-refractivity contribution >= 4 is 17.2 Å².